The second-order valence-corrected chi connectivity index (χ2v) is 7.25. The number of amides is 1. The van der Waals surface area contributed by atoms with Gasteiger partial charge in [0.2, 0.25) is 5.91 Å². The van der Waals surface area contributed by atoms with Crippen molar-refractivity contribution in [2.24, 2.45) is 11.3 Å². The quantitative estimate of drug-likeness (QED) is 0.818. The molecule has 0 bridgehead atoms. The van der Waals surface area contributed by atoms with Gasteiger partial charge in [0.25, 0.3) is 0 Å². The third kappa shape index (κ3) is 3.78. The highest BCUT2D eigenvalue weighted by Crippen LogP contribution is 2.45. The number of hydrogen-bond acceptors (Lipinski definition) is 3. The summed E-state index contributed by atoms with van der Waals surface area (Å²) in [6.07, 6.45) is 5.47. The van der Waals surface area contributed by atoms with Gasteiger partial charge < -0.3 is 15.0 Å². The molecule has 21 heavy (non-hydrogen) atoms. The third-order valence-electron chi connectivity index (χ3n) is 5.58. The van der Waals surface area contributed by atoms with Crippen molar-refractivity contribution in [3.63, 3.8) is 0 Å². The van der Waals surface area contributed by atoms with Gasteiger partial charge in [0.05, 0.1) is 6.10 Å². The van der Waals surface area contributed by atoms with E-state index in [0.717, 1.165) is 38.5 Å². The largest absolute Gasteiger partial charge is 0.378 e. The maximum absolute atomic E-state index is 12.4. The first-order chi connectivity index (χ1) is 9.96. The van der Waals surface area contributed by atoms with Gasteiger partial charge in [-0.15, -0.1) is 0 Å². The maximum Gasteiger partial charge on any atom is 0.222 e. The fraction of sp³-hybridized carbons (Fsp3) is 0.941. The molecular formula is C17H32N2O2. The molecule has 0 spiro atoms. The van der Waals surface area contributed by atoms with Crippen LogP contribution in [0.15, 0.2) is 0 Å². The maximum atomic E-state index is 12.4. The zero-order chi connectivity index (χ0) is 15.5. The predicted molar refractivity (Wildman–Crippen MR) is 85.2 cm³/mol. The van der Waals surface area contributed by atoms with Crippen LogP contribution in [0.25, 0.3) is 0 Å². The van der Waals surface area contributed by atoms with E-state index in [-0.39, 0.29) is 5.41 Å². The summed E-state index contributed by atoms with van der Waals surface area (Å²) in [5, 5.41) is 3.38. The number of carbonyl (C=O) groups is 1. The zero-order valence-corrected chi connectivity index (χ0v) is 14.2. The van der Waals surface area contributed by atoms with Crippen LogP contribution in [0.4, 0.5) is 0 Å². The number of ether oxygens (including phenoxy) is 1. The highest BCUT2D eigenvalue weighted by atomic mass is 16.5. The van der Waals surface area contributed by atoms with Crippen molar-refractivity contribution < 1.29 is 9.53 Å². The molecule has 1 saturated heterocycles. The molecule has 1 N–H and O–H groups in total. The standard InChI is InChI=1S/C17H32N2O2/c1-5-21-15-12-14(17(15,2)3)19(4)16(20)7-6-13-8-10-18-11-9-13/h13-15,18H,5-12H2,1-4H3/t14-,15-/m0/s1. The molecule has 0 aromatic heterocycles. The molecular weight excluding hydrogens is 264 g/mol. The van der Waals surface area contributed by atoms with E-state index >= 15 is 0 Å². The van der Waals surface area contributed by atoms with Crippen molar-refractivity contribution in [3.05, 3.63) is 0 Å². The first-order valence-electron chi connectivity index (χ1n) is 8.54. The molecule has 1 heterocycles. The highest BCUT2D eigenvalue weighted by molar-refractivity contribution is 5.76. The second kappa shape index (κ2) is 7.10. The normalized spacial score (nSPS) is 29.0. The van der Waals surface area contributed by atoms with E-state index in [1.807, 2.05) is 18.9 Å². The van der Waals surface area contributed by atoms with Gasteiger partial charge in [-0.1, -0.05) is 13.8 Å². The minimum absolute atomic E-state index is 0.0786. The third-order valence-corrected chi connectivity index (χ3v) is 5.58. The average molecular weight is 296 g/mol. The Hall–Kier alpha value is -0.610. The summed E-state index contributed by atoms with van der Waals surface area (Å²) in [7, 11) is 1.97. The Morgan fingerprint density at radius 3 is 2.57 bits per heavy atom. The lowest BCUT2D eigenvalue weighted by Gasteiger charge is -2.54. The summed E-state index contributed by atoms with van der Waals surface area (Å²) in [5.41, 5.74) is 0.0786. The molecule has 4 nitrogen and oxygen atoms in total. The average Bonchev–Trinajstić information content (AvgIpc) is 2.49. The Morgan fingerprint density at radius 1 is 1.33 bits per heavy atom. The van der Waals surface area contributed by atoms with Crippen molar-refractivity contribution in [1.29, 1.82) is 0 Å². The van der Waals surface area contributed by atoms with Crippen LogP contribution in [-0.2, 0) is 9.53 Å². The van der Waals surface area contributed by atoms with Gasteiger partial charge in [-0.05, 0) is 51.6 Å². The summed E-state index contributed by atoms with van der Waals surface area (Å²) in [4.78, 5) is 14.4. The van der Waals surface area contributed by atoms with Crippen LogP contribution >= 0.6 is 0 Å². The molecule has 122 valence electrons. The molecule has 1 aliphatic carbocycles. The molecule has 0 unspecified atom stereocenters. The van der Waals surface area contributed by atoms with Crippen LogP contribution in [-0.4, -0.2) is 49.7 Å². The number of nitrogens with one attached hydrogen (secondary N) is 1. The first-order valence-corrected chi connectivity index (χ1v) is 8.54. The molecule has 2 fully saturated rings. The van der Waals surface area contributed by atoms with Crippen LogP contribution in [0.1, 0.15) is 52.9 Å². The molecule has 2 aliphatic rings. The number of carbonyl (C=O) groups excluding carboxylic acids is 1. The van der Waals surface area contributed by atoms with E-state index in [1.165, 1.54) is 12.8 Å². The van der Waals surface area contributed by atoms with E-state index in [4.69, 9.17) is 4.74 Å². The lowest BCUT2D eigenvalue weighted by atomic mass is 9.63. The van der Waals surface area contributed by atoms with Crippen molar-refractivity contribution in [1.82, 2.24) is 10.2 Å². The number of hydrogen-bond donors (Lipinski definition) is 1. The molecule has 2 rings (SSSR count). The molecule has 0 radical (unpaired) electrons. The summed E-state index contributed by atoms with van der Waals surface area (Å²) < 4.78 is 5.76. The second-order valence-electron chi connectivity index (χ2n) is 7.25. The Morgan fingerprint density at radius 2 is 2.00 bits per heavy atom. The van der Waals surface area contributed by atoms with Gasteiger partial charge in [0.1, 0.15) is 0 Å². The highest BCUT2D eigenvalue weighted by Gasteiger charge is 2.51. The van der Waals surface area contributed by atoms with Gasteiger partial charge in [0.15, 0.2) is 0 Å². The topological polar surface area (TPSA) is 41.6 Å². The minimum atomic E-state index is 0.0786. The summed E-state index contributed by atoms with van der Waals surface area (Å²) in [6, 6.07) is 0.328. The summed E-state index contributed by atoms with van der Waals surface area (Å²) in [5.74, 6) is 1.04. The van der Waals surface area contributed by atoms with Gasteiger partial charge >= 0.3 is 0 Å². The minimum Gasteiger partial charge on any atom is -0.378 e. The SMILES string of the molecule is CCO[C@H]1C[C@H](N(C)C(=O)CCC2CCNCC2)C1(C)C. The van der Waals surface area contributed by atoms with Crippen LogP contribution in [0.2, 0.25) is 0 Å². The Balaban J connectivity index is 1.77. The van der Waals surface area contributed by atoms with Crippen LogP contribution in [0.5, 0.6) is 0 Å². The van der Waals surface area contributed by atoms with Crippen LogP contribution < -0.4 is 5.32 Å². The van der Waals surface area contributed by atoms with E-state index < -0.39 is 0 Å². The summed E-state index contributed by atoms with van der Waals surface area (Å²) in [6.45, 7) is 9.46. The van der Waals surface area contributed by atoms with Crippen molar-refractivity contribution >= 4 is 5.91 Å². The van der Waals surface area contributed by atoms with Gasteiger partial charge in [-0.25, -0.2) is 0 Å². The zero-order valence-electron chi connectivity index (χ0n) is 14.2. The molecule has 1 amide bonds. The van der Waals surface area contributed by atoms with E-state index in [0.29, 0.717) is 24.5 Å². The van der Waals surface area contributed by atoms with Gasteiger partial charge in [-0.3, -0.25) is 4.79 Å². The van der Waals surface area contributed by atoms with Crippen LogP contribution in [0.3, 0.4) is 0 Å². The molecule has 1 aliphatic heterocycles. The summed E-state index contributed by atoms with van der Waals surface area (Å²) >= 11 is 0. The Bertz CT molecular complexity index is 351. The number of piperidine rings is 1. The van der Waals surface area contributed by atoms with Crippen LogP contribution in [0, 0.1) is 11.3 Å². The fourth-order valence-electron chi connectivity index (χ4n) is 3.85. The lowest BCUT2D eigenvalue weighted by molar-refractivity contribution is -0.163. The Labute approximate surface area is 129 Å². The number of rotatable bonds is 6. The molecule has 2 atom stereocenters. The molecule has 0 aromatic carbocycles. The molecule has 4 heteroatoms. The van der Waals surface area contributed by atoms with Crippen molar-refractivity contribution in [3.8, 4) is 0 Å². The monoisotopic (exact) mass is 296 g/mol. The fourth-order valence-corrected chi connectivity index (χ4v) is 3.85. The lowest BCUT2D eigenvalue weighted by Crippen LogP contribution is -2.62. The Kier molecular flexibility index (Phi) is 5.67. The van der Waals surface area contributed by atoms with E-state index in [1.54, 1.807) is 0 Å². The van der Waals surface area contributed by atoms with Crippen molar-refractivity contribution in [2.75, 3.05) is 26.7 Å². The smallest absolute Gasteiger partial charge is 0.222 e. The number of nitrogens with zero attached hydrogens (tertiary/aromatic N) is 1. The molecule has 0 aromatic rings. The molecule has 1 saturated carbocycles. The van der Waals surface area contributed by atoms with Gasteiger partial charge in [-0.2, -0.15) is 0 Å². The van der Waals surface area contributed by atoms with E-state index in [2.05, 4.69) is 19.2 Å². The van der Waals surface area contributed by atoms with Gasteiger partial charge in [0, 0.05) is 31.5 Å². The van der Waals surface area contributed by atoms with E-state index in [9.17, 15) is 4.79 Å². The van der Waals surface area contributed by atoms with Crippen molar-refractivity contribution in [2.45, 2.75) is 65.0 Å². The predicted octanol–water partition coefficient (Wildman–Crippen LogP) is 2.43. The first kappa shape index (κ1) is 16.8.